The maximum atomic E-state index is 13.0. The van der Waals surface area contributed by atoms with Gasteiger partial charge in [0.15, 0.2) is 6.29 Å². The lowest BCUT2D eigenvalue weighted by Gasteiger charge is -2.41. The van der Waals surface area contributed by atoms with Gasteiger partial charge in [-0.25, -0.2) is 4.18 Å². The van der Waals surface area contributed by atoms with Crippen LogP contribution in [0.2, 0.25) is 0 Å². The molecule has 6 atom stereocenters. The highest BCUT2D eigenvalue weighted by molar-refractivity contribution is 7.80. The standard InChI is InChI=1S/C59H108O12S/c1-3-5-7-9-11-13-15-17-19-21-23-25-26-27-29-31-33-35-37-39-41-43-45-47-49-67-51-53(52-68-59-57(63)58(71-72(64,65)66)56(62)54(50-60)70-59)69-55(61)48-46-44-42-40-38-36-34-32-30-28-24-22-20-18-16-14-12-10-8-6-4-2/h6,8,12,14,18,20,24,28,53-54,56-60,62-63H,3-5,7,9-11,13,15-17,19,21-23,25-27,29-52H2,1-2H3,(H,64,65,66)/b8-6-,14-12-,20-18-,28-24-. The van der Waals surface area contributed by atoms with E-state index < -0.39 is 59.8 Å². The van der Waals surface area contributed by atoms with Crippen LogP contribution in [-0.4, -0.2) is 97.5 Å². The Morgan fingerprint density at radius 1 is 0.542 bits per heavy atom. The van der Waals surface area contributed by atoms with Gasteiger partial charge in [-0.3, -0.25) is 9.35 Å². The Hall–Kier alpha value is -1.94. The molecule has 12 nitrogen and oxygen atoms in total. The molecule has 72 heavy (non-hydrogen) atoms. The molecule has 1 rings (SSSR count). The summed E-state index contributed by atoms with van der Waals surface area (Å²) in [7, 11) is -5.07. The number of aliphatic hydroxyl groups excluding tert-OH is 3. The molecular weight excluding hydrogens is 933 g/mol. The van der Waals surface area contributed by atoms with Gasteiger partial charge in [-0.05, 0) is 51.4 Å². The number of carbonyl (C=O) groups is 1. The first kappa shape index (κ1) is 68.1. The van der Waals surface area contributed by atoms with E-state index in [9.17, 15) is 33.1 Å². The van der Waals surface area contributed by atoms with Crippen molar-refractivity contribution in [2.24, 2.45) is 0 Å². The second kappa shape index (κ2) is 49.9. The van der Waals surface area contributed by atoms with Crippen molar-refractivity contribution in [3.63, 3.8) is 0 Å². The second-order valence-corrected chi connectivity index (χ2v) is 21.3. The molecular formula is C59H108O12S. The van der Waals surface area contributed by atoms with Crippen LogP contribution >= 0.6 is 0 Å². The molecule has 4 N–H and O–H groups in total. The van der Waals surface area contributed by atoms with E-state index in [1.807, 2.05) is 0 Å². The molecule has 0 spiro atoms. The summed E-state index contributed by atoms with van der Waals surface area (Å²) >= 11 is 0. The smallest absolute Gasteiger partial charge is 0.397 e. The lowest BCUT2D eigenvalue weighted by atomic mass is 9.99. The highest BCUT2D eigenvalue weighted by Gasteiger charge is 2.48. The lowest BCUT2D eigenvalue weighted by molar-refractivity contribution is -0.301. The maximum absolute atomic E-state index is 13.0. The summed E-state index contributed by atoms with van der Waals surface area (Å²) in [5, 5.41) is 30.9. The fraction of sp³-hybridized carbons (Fsp3) is 0.847. The summed E-state index contributed by atoms with van der Waals surface area (Å²) < 4.78 is 59.5. The van der Waals surface area contributed by atoms with Gasteiger partial charge in [-0.2, -0.15) is 8.42 Å². The fourth-order valence-electron chi connectivity index (χ4n) is 9.08. The third-order valence-electron chi connectivity index (χ3n) is 13.5. The third-order valence-corrected chi connectivity index (χ3v) is 13.9. The van der Waals surface area contributed by atoms with Crippen LogP contribution in [0.1, 0.15) is 258 Å². The summed E-state index contributed by atoms with van der Waals surface area (Å²) in [4.78, 5) is 13.0. The largest absolute Gasteiger partial charge is 0.457 e. The van der Waals surface area contributed by atoms with Gasteiger partial charge >= 0.3 is 16.4 Å². The van der Waals surface area contributed by atoms with Crippen LogP contribution < -0.4 is 0 Å². The van der Waals surface area contributed by atoms with E-state index in [2.05, 4.69) is 66.6 Å². The summed E-state index contributed by atoms with van der Waals surface area (Å²) in [6.07, 6.45) is 54.4. The molecule has 1 heterocycles. The zero-order valence-corrected chi connectivity index (χ0v) is 46.6. The van der Waals surface area contributed by atoms with E-state index in [0.717, 1.165) is 70.6 Å². The Kier molecular flexibility index (Phi) is 47.2. The minimum atomic E-state index is -5.07. The summed E-state index contributed by atoms with van der Waals surface area (Å²) in [6, 6.07) is 0. The molecule has 0 aromatic carbocycles. The van der Waals surface area contributed by atoms with E-state index in [4.69, 9.17) is 18.9 Å². The molecule has 0 aromatic rings. The Bertz CT molecular complexity index is 1430. The van der Waals surface area contributed by atoms with Gasteiger partial charge < -0.3 is 34.3 Å². The topological polar surface area (TPSA) is 178 Å². The summed E-state index contributed by atoms with van der Waals surface area (Å²) in [5.41, 5.74) is 0. The number of esters is 1. The number of carbonyl (C=O) groups excluding carboxylic acids is 1. The average Bonchev–Trinajstić information content (AvgIpc) is 3.36. The Balaban J connectivity index is 2.28. The predicted molar refractivity (Wildman–Crippen MR) is 294 cm³/mol. The quantitative estimate of drug-likeness (QED) is 0.0196. The van der Waals surface area contributed by atoms with Crippen molar-refractivity contribution in [2.75, 3.05) is 26.4 Å². The van der Waals surface area contributed by atoms with Crippen molar-refractivity contribution >= 4 is 16.4 Å². The monoisotopic (exact) mass is 1040 g/mol. The molecule has 0 saturated carbocycles. The Labute approximate surface area is 440 Å². The minimum absolute atomic E-state index is 0.0349. The van der Waals surface area contributed by atoms with Gasteiger partial charge in [0, 0.05) is 13.0 Å². The van der Waals surface area contributed by atoms with Gasteiger partial charge in [-0.1, -0.05) is 249 Å². The fourth-order valence-corrected chi connectivity index (χ4v) is 9.59. The number of unbranched alkanes of at least 4 members (excludes halogenated alkanes) is 31. The highest BCUT2D eigenvalue weighted by Crippen LogP contribution is 2.26. The van der Waals surface area contributed by atoms with Crippen molar-refractivity contribution in [1.82, 2.24) is 0 Å². The van der Waals surface area contributed by atoms with Crippen LogP contribution in [0.25, 0.3) is 0 Å². The van der Waals surface area contributed by atoms with Gasteiger partial charge in [0.05, 0.1) is 19.8 Å². The van der Waals surface area contributed by atoms with Gasteiger partial charge in [0.1, 0.15) is 30.5 Å². The van der Waals surface area contributed by atoms with Gasteiger partial charge in [0.25, 0.3) is 0 Å². The zero-order chi connectivity index (χ0) is 52.4. The molecule has 6 unspecified atom stereocenters. The number of rotatable bonds is 52. The average molecular weight is 1040 g/mol. The van der Waals surface area contributed by atoms with Crippen LogP contribution in [0.3, 0.4) is 0 Å². The third kappa shape index (κ3) is 42.3. The molecule has 13 heteroatoms. The van der Waals surface area contributed by atoms with Crippen LogP contribution in [0.15, 0.2) is 48.6 Å². The molecule has 1 aliphatic rings. The Morgan fingerprint density at radius 2 is 0.958 bits per heavy atom. The summed E-state index contributed by atoms with van der Waals surface area (Å²) in [6.45, 7) is 3.92. The minimum Gasteiger partial charge on any atom is -0.457 e. The molecule has 422 valence electrons. The van der Waals surface area contributed by atoms with Crippen molar-refractivity contribution in [2.45, 2.75) is 295 Å². The second-order valence-electron chi connectivity index (χ2n) is 20.2. The van der Waals surface area contributed by atoms with Crippen LogP contribution in [0.5, 0.6) is 0 Å². The number of hydrogen-bond acceptors (Lipinski definition) is 11. The molecule has 0 radical (unpaired) electrons. The van der Waals surface area contributed by atoms with Gasteiger partial charge in [0.2, 0.25) is 0 Å². The van der Waals surface area contributed by atoms with E-state index in [1.54, 1.807) is 0 Å². The normalized spacial score (nSPS) is 19.2. The lowest BCUT2D eigenvalue weighted by Crippen LogP contribution is -2.60. The number of hydrogen-bond donors (Lipinski definition) is 4. The van der Waals surface area contributed by atoms with E-state index in [1.165, 1.54) is 161 Å². The van der Waals surface area contributed by atoms with E-state index in [0.29, 0.717) is 13.0 Å². The number of aliphatic hydroxyl groups is 3. The molecule has 1 fully saturated rings. The van der Waals surface area contributed by atoms with Gasteiger partial charge in [-0.15, -0.1) is 0 Å². The van der Waals surface area contributed by atoms with Crippen molar-refractivity contribution in [1.29, 1.82) is 0 Å². The maximum Gasteiger partial charge on any atom is 0.397 e. The van der Waals surface area contributed by atoms with Crippen molar-refractivity contribution in [3.8, 4) is 0 Å². The predicted octanol–water partition coefficient (Wildman–Crippen LogP) is 14.6. The molecule has 0 amide bonds. The van der Waals surface area contributed by atoms with Crippen LogP contribution in [0.4, 0.5) is 0 Å². The first-order valence-corrected chi connectivity index (χ1v) is 30.8. The molecule has 0 aliphatic carbocycles. The first-order chi connectivity index (χ1) is 35.1. The van der Waals surface area contributed by atoms with Crippen LogP contribution in [0, 0.1) is 0 Å². The zero-order valence-electron chi connectivity index (χ0n) is 45.7. The highest BCUT2D eigenvalue weighted by atomic mass is 32.3. The van der Waals surface area contributed by atoms with E-state index >= 15 is 0 Å². The molecule has 1 saturated heterocycles. The van der Waals surface area contributed by atoms with Crippen molar-refractivity contribution < 1.29 is 56.2 Å². The number of ether oxygens (including phenoxy) is 4. The van der Waals surface area contributed by atoms with E-state index in [-0.39, 0.29) is 19.6 Å². The Morgan fingerprint density at radius 3 is 1.40 bits per heavy atom. The number of allylic oxidation sites excluding steroid dienone is 8. The SMILES string of the molecule is CC/C=C\C/C=C\C/C=C\C/C=C\CCCCCCCCCCC(=O)OC(COCCCCCCCCCCCCCCCCCCCCCCCCCC)COC1OC(CO)C(O)C(OS(=O)(=O)O)C1O. The molecule has 1 aliphatic heterocycles. The summed E-state index contributed by atoms with van der Waals surface area (Å²) in [5.74, 6) is -0.404. The molecule has 0 bridgehead atoms. The first-order valence-electron chi connectivity index (χ1n) is 29.4. The van der Waals surface area contributed by atoms with Crippen LogP contribution in [-0.2, 0) is 38.3 Å². The molecule has 0 aromatic heterocycles. The van der Waals surface area contributed by atoms with Crippen molar-refractivity contribution in [3.05, 3.63) is 48.6 Å².